The molecule has 1 aromatic rings. The molecule has 0 saturated heterocycles. The Morgan fingerprint density at radius 2 is 2.12 bits per heavy atom. The molecule has 0 amide bonds. The summed E-state index contributed by atoms with van der Waals surface area (Å²) < 4.78 is 5.79. The minimum absolute atomic E-state index is 0.0433. The van der Waals surface area contributed by atoms with Gasteiger partial charge < -0.3 is 9.84 Å². The second kappa shape index (κ2) is 5.00. The van der Waals surface area contributed by atoms with E-state index < -0.39 is 0 Å². The highest BCUT2D eigenvalue weighted by Crippen LogP contribution is 2.27. The third-order valence-corrected chi connectivity index (χ3v) is 2.94. The van der Waals surface area contributed by atoms with Gasteiger partial charge in [0.25, 0.3) is 0 Å². The summed E-state index contributed by atoms with van der Waals surface area (Å²) in [6, 6.07) is 7.37. The predicted octanol–water partition coefficient (Wildman–Crippen LogP) is 2.37. The van der Waals surface area contributed by atoms with Gasteiger partial charge in [0.15, 0.2) is 0 Å². The zero-order valence-corrected chi connectivity index (χ0v) is 9.15. The van der Waals surface area contributed by atoms with Crippen LogP contribution in [0, 0.1) is 11.3 Å². The van der Waals surface area contributed by atoms with E-state index in [0.29, 0.717) is 11.3 Å². The van der Waals surface area contributed by atoms with E-state index in [2.05, 4.69) is 6.07 Å². The molecule has 2 rings (SSSR count). The van der Waals surface area contributed by atoms with Gasteiger partial charge in [-0.2, -0.15) is 5.26 Å². The molecule has 1 aliphatic rings. The standard InChI is InChI=1S/C13H15NO2/c14-8-11-7-10(9-15)5-6-13(11)16-12-3-1-2-4-12/h5-7,12,15H,1-4,9H2. The summed E-state index contributed by atoms with van der Waals surface area (Å²) in [7, 11) is 0. The molecule has 3 heteroatoms. The fraction of sp³-hybridized carbons (Fsp3) is 0.462. The van der Waals surface area contributed by atoms with Crippen molar-refractivity contribution in [3.8, 4) is 11.8 Å². The quantitative estimate of drug-likeness (QED) is 0.845. The van der Waals surface area contributed by atoms with Crippen LogP contribution in [-0.2, 0) is 6.61 Å². The molecule has 1 saturated carbocycles. The number of aliphatic hydroxyl groups is 1. The highest BCUT2D eigenvalue weighted by Gasteiger charge is 2.17. The highest BCUT2D eigenvalue weighted by atomic mass is 16.5. The first kappa shape index (κ1) is 11.0. The summed E-state index contributed by atoms with van der Waals surface area (Å²) >= 11 is 0. The maximum Gasteiger partial charge on any atom is 0.137 e. The van der Waals surface area contributed by atoms with Crippen molar-refractivity contribution in [1.29, 1.82) is 5.26 Å². The molecule has 0 heterocycles. The van der Waals surface area contributed by atoms with E-state index in [1.807, 2.05) is 0 Å². The molecule has 16 heavy (non-hydrogen) atoms. The van der Waals surface area contributed by atoms with Gasteiger partial charge in [0.1, 0.15) is 11.8 Å². The molecule has 84 valence electrons. The molecule has 0 atom stereocenters. The maximum absolute atomic E-state index is 9.00. The van der Waals surface area contributed by atoms with Gasteiger partial charge in [-0.1, -0.05) is 6.07 Å². The van der Waals surface area contributed by atoms with E-state index in [-0.39, 0.29) is 12.7 Å². The average Bonchev–Trinajstić information content (AvgIpc) is 2.82. The van der Waals surface area contributed by atoms with Gasteiger partial charge in [0.05, 0.1) is 18.3 Å². The molecule has 1 aliphatic carbocycles. The minimum Gasteiger partial charge on any atom is -0.489 e. The molecule has 1 fully saturated rings. The minimum atomic E-state index is -0.0433. The summed E-state index contributed by atoms with van der Waals surface area (Å²) in [5.74, 6) is 0.645. The van der Waals surface area contributed by atoms with Crippen LogP contribution in [0.3, 0.4) is 0 Å². The number of nitrogens with zero attached hydrogens (tertiary/aromatic N) is 1. The van der Waals surface area contributed by atoms with Crippen LogP contribution >= 0.6 is 0 Å². The predicted molar refractivity (Wildman–Crippen MR) is 60.0 cm³/mol. The van der Waals surface area contributed by atoms with Crippen LogP contribution in [0.25, 0.3) is 0 Å². The Labute approximate surface area is 95.3 Å². The van der Waals surface area contributed by atoms with Gasteiger partial charge in [-0.05, 0) is 43.4 Å². The fourth-order valence-electron chi connectivity index (χ4n) is 2.05. The lowest BCUT2D eigenvalue weighted by molar-refractivity contribution is 0.209. The van der Waals surface area contributed by atoms with Gasteiger partial charge in [0.2, 0.25) is 0 Å². The maximum atomic E-state index is 9.00. The fourth-order valence-corrected chi connectivity index (χ4v) is 2.05. The molecule has 0 aromatic heterocycles. The van der Waals surface area contributed by atoms with Crippen LogP contribution in [0.2, 0.25) is 0 Å². The lowest BCUT2D eigenvalue weighted by Crippen LogP contribution is -2.11. The number of hydrogen-bond acceptors (Lipinski definition) is 3. The first-order valence-corrected chi connectivity index (χ1v) is 5.64. The van der Waals surface area contributed by atoms with Crippen LogP contribution in [0.1, 0.15) is 36.8 Å². The zero-order valence-electron chi connectivity index (χ0n) is 9.15. The first-order valence-electron chi connectivity index (χ1n) is 5.64. The van der Waals surface area contributed by atoms with Crippen LogP contribution in [-0.4, -0.2) is 11.2 Å². The van der Waals surface area contributed by atoms with Crippen molar-refractivity contribution >= 4 is 0 Å². The van der Waals surface area contributed by atoms with E-state index in [0.717, 1.165) is 18.4 Å². The van der Waals surface area contributed by atoms with Gasteiger partial charge in [0, 0.05) is 0 Å². The lowest BCUT2D eigenvalue weighted by Gasteiger charge is -2.14. The largest absolute Gasteiger partial charge is 0.489 e. The van der Waals surface area contributed by atoms with Crippen molar-refractivity contribution in [2.45, 2.75) is 38.4 Å². The third-order valence-electron chi connectivity index (χ3n) is 2.94. The monoisotopic (exact) mass is 217 g/mol. The molecular formula is C13H15NO2. The van der Waals surface area contributed by atoms with Crippen molar-refractivity contribution in [2.75, 3.05) is 0 Å². The second-order valence-electron chi connectivity index (χ2n) is 4.12. The highest BCUT2D eigenvalue weighted by molar-refractivity contribution is 5.45. The smallest absolute Gasteiger partial charge is 0.137 e. The number of rotatable bonds is 3. The summed E-state index contributed by atoms with van der Waals surface area (Å²) in [6.45, 7) is -0.0433. The number of benzene rings is 1. The Kier molecular flexibility index (Phi) is 3.43. The number of nitriles is 1. The number of hydrogen-bond donors (Lipinski definition) is 1. The van der Waals surface area contributed by atoms with E-state index >= 15 is 0 Å². The Hall–Kier alpha value is -1.53. The number of aliphatic hydroxyl groups excluding tert-OH is 1. The molecule has 0 radical (unpaired) electrons. The summed E-state index contributed by atoms with van der Waals surface area (Å²) in [5, 5.41) is 18.0. The van der Waals surface area contributed by atoms with Crippen LogP contribution in [0.15, 0.2) is 18.2 Å². The second-order valence-corrected chi connectivity index (χ2v) is 4.12. The molecule has 0 unspecified atom stereocenters. The Balaban J connectivity index is 2.16. The third kappa shape index (κ3) is 2.34. The summed E-state index contributed by atoms with van der Waals surface area (Å²) in [6.07, 6.45) is 4.83. The first-order chi connectivity index (χ1) is 7.83. The van der Waals surface area contributed by atoms with E-state index in [1.165, 1.54) is 12.8 Å². The van der Waals surface area contributed by atoms with Crippen molar-refractivity contribution in [3.63, 3.8) is 0 Å². The van der Waals surface area contributed by atoms with Gasteiger partial charge in [-0.15, -0.1) is 0 Å². The molecule has 0 bridgehead atoms. The molecule has 0 aliphatic heterocycles. The Morgan fingerprint density at radius 3 is 2.75 bits per heavy atom. The van der Waals surface area contributed by atoms with Crippen LogP contribution < -0.4 is 4.74 Å². The Bertz CT molecular complexity index is 403. The molecule has 1 aromatic carbocycles. The SMILES string of the molecule is N#Cc1cc(CO)ccc1OC1CCCC1. The molecule has 3 nitrogen and oxygen atoms in total. The van der Waals surface area contributed by atoms with Crippen LogP contribution in [0.4, 0.5) is 0 Å². The zero-order chi connectivity index (χ0) is 11.4. The van der Waals surface area contributed by atoms with E-state index in [9.17, 15) is 0 Å². The van der Waals surface area contributed by atoms with Crippen molar-refractivity contribution in [1.82, 2.24) is 0 Å². The van der Waals surface area contributed by atoms with E-state index in [1.54, 1.807) is 18.2 Å². The summed E-state index contributed by atoms with van der Waals surface area (Å²) in [5.41, 5.74) is 1.26. The van der Waals surface area contributed by atoms with E-state index in [4.69, 9.17) is 15.1 Å². The van der Waals surface area contributed by atoms with Crippen molar-refractivity contribution < 1.29 is 9.84 Å². The normalized spacial score (nSPS) is 16.0. The average molecular weight is 217 g/mol. The molecular weight excluding hydrogens is 202 g/mol. The molecule has 0 spiro atoms. The molecule has 1 N–H and O–H groups in total. The lowest BCUT2D eigenvalue weighted by atomic mass is 10.1. The van der Waals surface area contributed by atoms with Gasteiger partial charge in [-0.25, -0.2) is 0 Å². The van der Waals surface area contributed by atoms with Gasteiger partial charge >= 0.3 is 0 Å². The topological polar surface area (TPSA) is 53.2 Å². The van der Waals surface area contributed by atoms with Crippen molar-refractivity contribution in [3.05, 3.63) is 29.3 Å². The van der Waals surface area contributed by atoms with Crippen LogP contribution in [0.5, 0.6) is 5.75 Å². The summed E-state index contributed by atoms with van der Waals surface area (Å²) in [4.78, 5) is 0. The van der Waals surface area contributed by atoms with Crippen molar-refractivity contribution in [2.24, 2.45) is 0 Å². The number of ether oxygens (including phenoxy) is 1. The van der Waals surface area contributed by atoms with Gasteiger partial charge in [-0.3, -0.25) is 0 Å². The Morgan fingerprint density at radius 1 is 1.38 bits per heavy atom.